The molecular formula is C24H33N7O2S. The number of rotatable bonds is 8. The lowest BCUT2D eigenvalue weighted by molar-refractivity contribution is 0.0396. The minimum atomic E-state index is -0.645. The number of anilines is 2. The fourth-order valence-corrected chi connectivity index (χ4v) is 5.31. The monoisotopic (exact) mass is 483 g/mol. The summed E-state index contributed by atoms with van der Waals surface area (Å²) in [4.78, 5) is 29.8. The SMILES string of the molecule is CCO[C@H]1CNC[C@]1(Nc1c(C)nc(-c2cnc(N(C)C)cc2C)n(CC)c1=O)c1nccs1. The number of hydrogen-bond acceptors (Lipinski definition) is 9. The van der Waals surface area contributed by atoms with Gasteiger partial charge in [-0.25, -0.2) is 15.0 Å². The molecule has 0 radical (unpaired) electrons. The molecule has 1 aliphatic heterocycles. The van der Waals surface area contributed by atoms with Crippen molar-refractivity contribution in [3.8, 4) is 11.4 Å². The number of hydrogen-bond donors (Lipinski definition) is 2. The molecule has 182 valence electrons. The van der Waals surface area contributed by atoms with Gasteiger partial charge in [0.1, 0.15) is 34.0 Å². The second-order valence-electron chi connectivity index (χ2n) is 8.71. The van der Waals surface area contributed by atoms with Crippen molar-refractivity contribution in [3.63, 3.8) is 0 Å². The molecule has 9 nitrogen and oxygen atoms in total. The van der Waals surface area contributed by atoms with Crippen LogP contribution in [0.4, 0.5) is 11.5 Å². The fraction of sp³-hybridized carbons (Fsp3) is 0.500. The lowest BCUT2D eigenvalue weighted by atomic mass is 9.95. The summed E-state index contributed by atoms with van der Waals surface area (Å²) in [5.74, 6) is 1.49. The number of thiazole rings is 1. The molecule has 3 aromatic heterocycles. The Balaban J connectivity index is 1.82. The van der Waals surface area contributed by atoms with Crippen LogP contribution in [0, 0.1) is 13.8 Å². The van der Waals surface area contributed by atoms with Crippen LogP contribution < -0.4 is 21.1 Å². The van der Waals surface area contributed by atoms with E-state index in [1.807, 2.05) is 58.1 Å². The normalized spacial score (nSPS) is 20.0. The Labute approximate surface area is 204 Å². The molecule has 4 rings (SSSR count). The first kappa shape index (κ1) is 24.3. The third-order valence-corrected chi connectivity index (χ3v) is 7.23. The second-order valence-corrected chi connectivity index (χ2v) is 9.60. The second kappa shape index (κ2) is 9.81. The Morgan fingerprint density at radius 2 is 2.12 bits per heavy atom. The van der Waals surface area contributed by atoms with Crippen molar-refractivity contribution in [1.82, 2.24) is 24.8 Å². The standard InChI is InChI=1S/C24H33N7O2S/c1-7-31-21(17-12-27-19(30(5)6)11-15(17)3)28-16(4)20(22(31)32)29-24(23-26-9-10-34-23)14-25-13-18(24)33-8-2/h9-12,18,25,29H,7-8,13-14H2,1-6H3/t18-,24+/m0/s1. The number of aryl methyl sites for hydroxylation is 2. The van der Waals surface area contributed by atoms with Crippen molar-refractivity contribution in [2.45, 2.75) is 45.9 Å². The van der Waals surface area contributed by atoms with Crippen LogP contribution >= 0.6 is 11.3 Å². The predicted molar refractivity (Wildman–Crippen MR) is 137 cm³/mol. The van der Waals surface area contributed by atoms with E-state index in [4.69, 9.17) is 9.72 Å². The van der Waals surface area contributed by atoms with Crippen LogP contribution in [-0.2, 0) is 16.8 Å². The van der Waals surface area contributed by atoms with Crippen LogP contribution in [0.25, 0.3) is 11.4 Å². The highest BCUT2D eigenvalue weighted by atomic mass is 32.1. The number of pyridine rings is 1. The van der Waals surface area contributed by atoms with E-state index in [0.717, 1.165) is 22.0 Å². The molecule has 0 amide bonds. The van der Waals surface area contributed by atoms with Gasteiger partial charge in [-0.15, -0.1) is 11.3 Å². The molecule has 0 bridgehead atoms. The van der Waals surface area contributed by atoms with Crippen molar-refractivity contribution >= 4 is 22.8 Å². The van der Waals surface area contributed by atoms with E-state index < -0.39 is 5.54 Å². The zero-order valence-electron chi connectivity index (χ0n) is 20.7. The van der Waals surface area contributed by atoms with Gasteiger partial charge in [0.2, 0.25) is 0 Å². The lowest BCUT2D eigenvalue weighted by Gasteiger charge is -2.34. The van der Waals surface area contributed by atoms with Gasteiger partial charge in [-0.1, -0.05) is 0 Å². The third-order valence-electron chi connectivity index (χ3n) is 6.27. The molecule has 1 fully saturated rings. The van der Waals surface area contributed by atoms with Gasteiger partial charge < -0.3 is 20.3 Å². The van der Waals surface area contributed by atoms with Crippen LogP contribution in [0.2, 0.25) is 0 Å². The van der Waals surface area contributed by atoms with Crippen molar-refractivity contribution in [3.05, 3.63) is 50.5 Å². The van der Waals surface area contributed by atoms with E-state index in [1.165, 1.54) is 0 Å². The Morgan fingerprint density at radius 3 is 2.74 bits per heavy atom. The van der Waals surface area contributed by atoms with E-state index in [0.29, 0.717) is 43.4 Å². The molecule has 3 aromatic rings. The molecule has 2 atom stereocenters. The highest BCUT2D eigenvalue weighted by molar-refractivity contribution is 7.09. The van der Waals surface area contributed by atoms with E-state index in [-0.39, 0.29) is 11.7 Å². The first-order valence-electron chi connectivity index (χ1n) is 11.6. The molecule has 2 N–H and O–H groups in total. The molecule has 4 heterocycles. The van der Waals surface area contributed by atoms with Crippen molar-refractivity contribution in [1.29, 1.82) is 0 Å². The smallest absolute Gasteiger partial charge is 0.277 e. The first-order valence-corrected chi connectivity index (χ1v) is 12.5. The zero-order valence-corrected chi connectivity index (χ0v) is 21.5. The summed E-state index contributed by atoms with van der Waals surface area (Å²) in [5.41, 5.74) is 2.23. The van der Waals surface area contributed by atoms with Crippen LogP contribution in [0.5, 0.6) is 0 Å². The van der Waals surface area contributed by atoms with E-state index >= 15 is 0 Å². The van der Waals surface area contributed by atoms with E-state index in [9.17, 15) is 4.79 Å². The first-order chi connectivity index (χ1) is 16.3. The Bertz CT molecular complexity index is 1210. The van der Waals surface area contributed by atoms with E-state index in [2.05, 4.69) is 20.6 Å². The molecule has 0 saturated carbocycles. The topological polar surface area (TPSA) is 97.2 Å². The molecule has 0 unspecified atom stereocenters. The zero-order chi connectivity index (χ0) is 24.5. The number of aromatic nitrogens is 4. The number of nitrogens with zero attached hydrogens (tertiary/aromatic N) is 5. The van der Waals surface area contributed by atoms with Crippen molar-refractivity contribution in [2.75, 3.05) is 44.0 Å². The summed E-state index contributed by atoms with van der Waals surface area (Å²) in [6, 6.07) is 2.01. The molecule has 0 aliphatic carbocycles. The molecule has 0 aromatic carbocycles. The maximum Gasteiger partial charge on any atom is 0.277 e. The number of nitrogens with one attached hydrogen (secondary N) is 2. The minimum Gasteiger partial charge on any atom is -0.374 e. The van der Waals surface area contributed by atoms with Crippen molar-refractivity contribution in [2.24, 2.45) is 0 Å². The Hall–Kier alpha value is -2.82. The highest BCUT2D eigenvalue weighted by Gasteiger charge is 2.48. The summed E-state index contributed by atoms with van der Waals surface area (Å²) in [6.45, 7) is 10.2. The Morgan fingerprint density at radius 1 is 1.32 bits per heavy atom. The Kier molecular flexibility index (Phi) is 7.01. The van der Waals surface area contributed by atoms with Crippen LogP contribution in [0.1, 0.15) is 30.1 Å². The lowest BCUT2D eigenvalue weighted by Crippen LogP contribution is -2.49. The van der Waals surface area contributed by atoms with Gasteiger partial charge >= 0.3 is 0 Å². The average molecular weight is 484 g/mol. The molecule has 1 aliphatic rings. The molecule has 10 heteroatoms. The summed E-state index contributed by atoms with van der Waals surface area (Å²) in [5, 5.41) is 9.82. The maximum atomic E-state index is 13.8. The summed E-state index contributed by atoms with van der Waals surface area (Å²) in [7, 11) is 3.91. The predicted octanol–water partition coefficient (Wildman–Crippen LogP) is 2.78. The van der Waals surface area contributed by atoms with Gasteiger partial charge in [0.15, 0.2) is 0 Å². The summed E-state index contributed by atoms with van der Waals surface area (Å²) >= 11 is 1.56. The third kappa shape index (κ3) is 4.21. The van der Waals surface area contributed by atoms with Crippen LogP contribution in [0.3, 0.4) is 0 Å². The van der Waals surface area contributed by atoms with Crippen molar-refractivity contribution < 1.29 is 4.74 Å². The van der Waals surface area contributed by atoms with Gasteiger partial charge in [-0.3, -0.25) is 9.36 Å². The van der Waals surface area contributed by atoms with Gasteiger partial charge in [0.05, 0.1) is 5.69 Å². The molecular weight excluding hydrogens is 450 g/mol. The van der Waals surface area contributed by atoms with Gasteiger partial charge in [0.25, 0.3) is 5.56 Å². The van der Waals surface area contributed by atoms with Gasteiger partial charge in [-0.05, 0) is 39.3 Å². The molecule has 1 saturated heterocycles. The molecule has 0 spiro atoms. The minimum absolute atomic E-state index is 0.112. The maximum absolute atomic E-state index is 13.8. The summed E-state index contributed by atoms with van der Waals surface area (Å²) in [6.07, 6.45) is 3.42. The van der Waals surface area contributed by atoms with Crippen LogP contribution in [-0.4, -0.2) is 59.4 Å². The fourth-order valence-electron chi connectivity index (χ4n) is 4.47. The average Bonchev–Trinajstić information content (AvgIpc) is 3.48. The summed E-state index contributed by atoms with van der Waals surface area (Å²) < 4.78 is 7.80. The van der Waals surface area contributed by atoms with Gasteiger partial charge in [-0.2, -0.15) is 0 Å². The quantitative estimate of drug-likeness (QED) is 0.505. The molecule has 34 heavy (non-hydrogen) atoms. The highest BCUT2D eigenvalue weighted by Crippen LogP contribution is 2.36. The van der Waals surface area contributed by atoms with Crippen LogP contribution in [0.15, 0.2) is 28.6 Å². The van der Waals surface area contributed by atoms with E-state index in [1.54, 1.807) is 28.3 Å². The number of ether oxygens (including phenoxy) is 1. The largest absolute Gasteiger partial charge is 0.374 e. The van der Waals surface area contributed by atoms with Gasteiger partial charge in [0, 0.05) is 63.7 Å².